The molecule has 1 aromatic carbocycles. The van der Waals surface area contributed by atoms with Crippen LogP contribution in [0.3, 0.4) is 0 Å². The molecule has 2 heterocycles. The predicted molar refractivity (Wildman–Crippen MR) is 99.4 cm³/mol. The molecule has 1 saturated heterocycles. The molecule has 0 spiro atoms. The molecule has 0 bridgehead atoms. The fourth-order valence-corrected chi connectivity index (χ4v) is 3.91. The van der Waals surface area contributed by atoms with E-state index in [2.05, 4.69) is 37.8 Å². The Morgan fingerprint density at radius 3 is 2.54 bits per heavy atom. The van der Waals surface area contributed by atoms with Gasteiger partial charge in [-0.1, -0.05) is 30.3 Å². The minimum atomic E-state index is -0.421. The number of rotatable bonds is 5. The Kier molecular flexibility index (Phi) is 4.88. The fourth-order valence-electron chi connectivity index (χ4n) is 3.91. The van der Waals surface area contributed by atoms with Crippen LogP contribution in [0, 0.1) is 0 Å². The molecule has 0 saturated carbocycles. The first kappa shape index (κ1) is 18.6. The first-order valence-corrected chi connectivity index (χ1v) is 9.08. The third kappa shape index (κ3) is 3.80. The summed E-state index contributed by atoms with van der Waals surface area (Å²) < 4.78 is 7.86. The van der Waals surface area contributed by atoms with E-state index in [1.165, 1.54) is 6.33 Å². The van der Waals surface area contributed by atoms with Gasteiger partial charge < -0.3 is 9.64 Å². The summed E-state index contributed by atoms with van der Waals surface area (Å²) in [4.78, 5) is 19.3. The molecular weight excluding hydrogens is 328 g/mol. The second-order valence-corrected chi connectivity index (χ2v) is 8.19. The second-order valence-electron chi connectivity index (χ2n) is 8.19. The van der Waals surface area contributed by atoms with E-state index >= 15 is 0 Å². The maximum atomic E-state index is 13.4. The average molecular weight is 356 g/mol. The van der Waals surface area contributed by atoms with Crippen molar-refractivity contribution in [3.8, 4) is 0 Å². The number of carbonyl (C=O) groups is 1. The number of amides is 1. The van der Waals surface area contributed by atoms with E-state index in [0.29, 0.717) is 6.54 Å². The molecular formula is C20H28N4O2. The number of ether oxygens (including phenoxy) is 1. The molecule has 0 N–H and O–H groups in total. The van der Waals surface area contributed by atoms with Gasteiger partial charge in [0.05, 0.1) is 17.2 Å². The number of hydrogen-bond acceptors (Lipinski definition) is 4. The first-order valence-electron chi connectivity index (χ1n) is 9.08. The van der Waals surface area contributed by atoms with Crippen LogP contribution in [-0.2, 0) is 16.1 Å². The molecule has 140 valence electrons. The van der Waals surface area contributed by atoms with Crippen LogP contribution in [0.4, 0.5) is 0 Å². The Labute approximate surface area is 155 Å². The summed E-state index contributed by atoms with van der Waals surface area (Å²) in [5.74, 6) is 0.0266. The maximum absolute atomic E-state index is 13.4. The minimum absolute atomic E-state index is 0.0174. The zero-order valence-electron chi connectivity index (χ0n) is 16.2. The van der Waals surface area contributed by atoms with E-state index in [1.54, 1.807) is 11.0 Å². The first-order chi connectivity index (χ1) is 12.2. The molecule has 1 fully saturated rings. The van der Waals surface area contributed by atoms with Crippen LogP contribution in [0.15, 0.2) is 43.0 Å². The van der Waals surface area contributed by atoms with Crippen molar-refractivity contribution in [3.05, 3.63) is 48.5 Å². The molecule has 6 nitrogen and oxygen atoms in total. The van der Waals surface area contributed by atoms with Gasteiger partial charge in [-0.2, -0.15) is 5.10 Å². The molecule has 3 rings (SSSR count). The van der Waals surface area contributed by atoms with Gasteiger partial charge in [0.1, 0.15) is 18.7 Å². The predicted octanol–water partition coefficient (Wildman–Crippen LogP) is 3.21. The van der Waals surface area contributed by atoms with Gasteiger partial charge in [-0.15, -0.1) is 0 Å². The van der Waals surface area contributed by atoms with E-state index in [-0.39, 0.29) is 17.6 Å². The highest BCUT2D eigenvalue weighted by Crippen LogP contribution is 2.41. The van der Waals surface area contributed by atoms with Crippen molar-refractivity contribution in [1.82, 2.24) is 19.7 Å². The Bertz CT molecular complexity index is 740. The normalized spacial score (nSPS) is 22.1. The molecule has 1 aliphatic rings. The zero-order chi connectivity index (χ0) is 18.9. The van der Waals surface area contributed by atoms with Crippen molar-refractivity contribution in [2.75, 3.05) is 0 Å². The lowest BCUT2D eigenvalue weighted by atomic mass is 9.92. The third-order valence-electron chi connectivity index (χ3n) is 5.07. The number of hydrogen-bond donors (Lipinski definition) is 0. The lowest BCUT2D eigenvalue weighted by molar-refractivity contribution is -0.142. The summed E-state index contributed by atoms with van der Waals surface area (Å²) in [6.07, 6.45) is 3.84. The van der Waals surface area contributed by atoms with Crippen LogP contribution < -0.4 is 0 Å². The van der Waals surface area contributed by atoms with Gasteiger partial charge >= 0.3 is 0 Å². The molecule has 2 aromatic rings. The van der Waals surface area contributed by atoms with Crippen LogP contribution in [-0.4, -0.2) is 42.8 Å². The zero-order valence-corrected chi connectivity index (χ0v) is 16.2. The van der Waals surface area contributed by atoms with Crippen LogP contribution in [0.2, 0.25) is 0 Å². The Morgan fingerprint density at radius 1 is 1.31 bits per heavy atom. The van der Waals surface area contributed by atoms with Crippen LogP contribution in [0.1, 0.15) is 52.6 Å². The molecule has 2 atom stereocenters. The summed E-state index contributed by atoms with van der Waals surface area (Å²) in [5, 5.41) is 4.15. The van der Waals surface area contributed by atoms with Gasteiger partial charge in [-0.3, -0.25) is 4.79 Å². The molecule has 6 heteroatoms. The average Bonchev–Trinajstić information content (AvgIpc) is 3.17. The Balaban J connectivity index is 1.93. The van der Waals surface area contributed by atoms with Gasteiger partial charge in [0.2, 0.25) is 5.91 Å². The Hall–Kier alpha value is -2.21. The van der Waals surface area contributed by atoms with Gasteiger partial charge in [-0.05, 0) is 46.6 Å². The maximum Gasteiger partial charge on any atom is 0.247 e. The summed E-state index contributed by atoms with van der Waals surface area (Å²) in [5.41, 5.74) is 0.419. The highest BCUT2D eigenvalue weighted by molar-refractivity contribution is 5.80. The summed E-state index contributed by atoms with van der Waals surface area (Å²) in [6, 6.07) is 9.65. The monoisotopic (exact) mass is 356 g/mol. The van der Waals surface area contributed by atoms with Crippen molar-refractivity contribution in [2.45, 2.75) is 70.9 Å². The molecule has 1 aromatic heterocycles. The van der Waals surface area contributed by atoms with Crippen molar-refractivity contribution in [1.29, 1.82) is 0 Å². The fraction of sp³-hybridized carbons (Fsp3) is 0.550. The second kappa shape index (κ2) is 6.83. The molecule has 1 aliphatic heterocycles. The van der Waals surface area contributed by atoms with E-state index < -0.39 is 11.6 Å². The number of carbonyl (C=O) groups excluding carboxylic acids is 1. The summed E-state index contributed by atoms with van der Waals surface area (Å²) in [7, 11) is 0. The third-order valence-corrected chi connectivity index (χ3v) is 5.07. The van der Waals surface area contributed by atoms with Gasteiger partial charge in [0.25, 0.3) is 0 Å². The highest BCUT2D eigenvalue weighted by atomic mass is 16.5. The van der Waals surface area contributed by atoms with Crippen LogP contribution in [0.5, 0.6) is 0 Å². The Morgan fingerprint density at radius 2 is 2.00 bits per heavy atom. The van der Waals surface area contributed by atoms with E-state index in [4.69, 9.17) is 4.74 Å². The van der Waals surface area contributed by atoms with Crippen LogP contribution in [0.25, 0.3) is 0 Å². The number of aromatic nitrogens is 3. The number of nitrogens with zero attached hydrogens (tertiary/aromatic N) is 4. The quantitative estimate of drug-likeness (QED) is 0.825. The smallest absolute Gasteiger partial charge is 0.247 e. The SMILES string of the molecule is CC(C(=O)N(Cc1ccccc1)C1CC(C)(C)OC1(C)C)n1cncn1. The van der Waals surface area contributed by atoms with Crippen molar-refractivity contribution < 1.29 is 9.53 Å². The van der Waals surface area contributed by atoms with E-state index in [9.17, 15) is 4.79 Å². The molecule has 26 heavy (non-hydrogen) atoms. The molecule has 1 amide bonds. The molecule has 0 aliphatic carbocycles. The topological polar surface area (TPSA) is 60.2 Å². The van der Waals surface area contributed by atoms with Gasteiger partial charge in [0.15, 0.2) is 0 Å². The van der Waals surface area contributed by atoms with Crippen LogP contribution >= 0.6 is 0 Å². The van der Waals surface area contributed by atoms with E-state index in [0.717, 1.165) is 12.0 Å². The van der Waals surface area contributed by atoms with Crippen molar-refractivity contribution >= 4 is 5.91 Å². The summed E-state index contributed by atoms with van der Waals surface area (Å²) >= 11 is 0. The van der Waals surface area contributed by atoms with Gasteiger partial charge in [-0.25, -0.2) is 9.67 Å². The minimum Gasteiger partial charge on any atom is -0.367 e. The largest absolute Gasteiger partial charge is 0.367 e. The van der Waals surface area contributed by atoms with Gasteiger partial charge in [0, 0.05) is 6.54 Å². The lowest BCUT2D eigenvalue weighted by Gasteiger charge is -2.37. The standard InChI is InChI=1S/C20H28N4O2/c1-15(24-14-21-13-22-24)18(25)23(12-16-9-7-6-8-10-16)17-11-19(2,3)26-20(17,4)5/h6-10,13-15,17H,11-12H2,1-5H3. The molecule has 0 radical (unpaired) electrons. The summed E-state index contributed by atoms with van der Waals surface area (Å²) in [6.45, 7) is 10.7. The molecule has 2 unspecified atom stereocenters. The lowest BCUT2D eigenvalue weighted by Crippen LogP contribution is -2.50. The van der Waals surface area contributed by atoms with Crippen molar-refractivity contribution in [3.63, 3.8) is 0 Å². The van der Waals surface area contributed by atoms with Crippen molar-refractivity contribution in [2.24, 2.45) is 0 Å². The van der Waals surface area contributed by atoms with E-state index in [1.807, 2.05) is 42.2 Å². The number of benzene rings is 1. The highest BCUT2D eigenvalue weighted by Gasteiger charge is 2.50.